The Balaban J connectivity index is 1.91. The fraction of sp³-hybridized carbons (Fsp3) is 0.833. The number of hydrogen-bond donors (Lipinski definition) is 2. The molecule has 0 radical (unpaired) electrons. The zero-order chi connectivity index (χ0) is 13.1. The number of carboxylic acids is 1. The van der Waals surface area contributed by atoms with Crippen molar-refractivity contribution in [1.82, 2.24) is 10.2 Å². The van der Waals surface area contributed by atoms with Gasteiger partial charge in [-0.15, -0.1) is 0 Å². The largest absolute Gasteiger partial charge is 0.481 e. The SMILES string of the molecule is CC(CN1CCOCC1C(=O)NC1CC1)C(=O)O. The van der Waals surface area contributed by atoms with E-state index in [0.717, 1.165) is 12.8 Å². The van der Waals surface area contributed by atoms with Crippen LogP contribution in [0.25, 0.3) is 0 Å². The van der Waals surface area contributed by atoms with Crippen molar-refractivity contribution in [2.24, 2.45) is 5.92 Å². The zero-order valence-corrected chi connectivity index (χ0v) is 10.6. The summed E-state index contributed by atoms with van der Waals surface area (Å²) in [5.74, 6) is -1.34. The van der Waals surface area contributed by atoms with Crippen molar-refractivity contribution in [2.75, 3.05) is 26.3 Å². The Hall–Kier alpha value is -1.14. The molecule has 2 rings (SSSR count). The van der Waals surface area contributed by atoms with Crippen molar-refractivity contribution in [2.45, 2.75) is 31.8 Å². The molecule has 102 valence electrons. The molecule has 1 saturated heterocycles. The van der Waals surface area contributed by atoms with E-state index in [0.29, 0.717) is 32.3 Å². The summed E-state index contributed by atoms with van der Waals surface area (Å²) in [5, 5.41) is 11.9. The number of nitrogens with one attached hydrogen (secondary N) is 1. The number of nitrogens with zero attached hydrogens (tertiary/aromatic N) is 1. The second-order valence-electron chi connectivity index (χ2n) is 5.11. The van der Waals surface area contributed by atoms with Crippen LogP contribution in [0.1, 0.15) is 19.8 Å². The first-order chi connectivity index (χ1) is 8.58. The highest BCUT2D eigenvalue weighted by Crippen LogP contribution is 2.20. The summed E-state index contributed by atoms with van der Waals surface area (Å²) < 4.78 is 5.33. The molecule has 1 aliphatic carbocycles. The standard InChI is InChI=1S/C12H20N2O4/c1-8(12(16)17)6-14-4-5-18-7-10(14)11(15)13-9-2-3-9/h8-10H,2-7H2,1H3,(H,13,15)(H,16,17). The maximum atomic E-state index is 12.0. The molecule has 6 heteroatoms. The minimum atomic E-state index is -0.831. The fourth-order valence-corrected chi connectivity index (χ4v) is 2.05. The molecule has 0 spiro atoms. The average molecular weight is 256 g/mol. The maximum absolute atomic E-state index is 12.0. The van der Waals surface area contributed by atoms with E-state index >= 15 is 0 Å². The first kappa shape index (κ1) is 13.3. The number of carbonyl (C=O) groups is 2. The average Bonchev–Trinajstić information content (AvgIpc) is 3.13. The molecule has 1 saturated carbocycles. The van der Waals surface area contributed by atoms with Crippen molar-refractivity contribution < 1.29 is 19.4 Å². The Labute approximate surface area is 106 Å². The van der Waals surface area contributed by atoms with Gasteiger partial charge in [0.25, 0.3) is 0 Å². The van der Waals surface area contributed by atoms with E-state index in [-0.39, 0.29) is 11.9 Å². The minimum Gasteiger partial charge on any atom is -0.481 e. The van der Waals surface area contributed by atoms with Crippen LogP contribution in [0.2, 0.25) is 0 Å². The molecule has 2 atom stereocenters. The Morgan fingerprint density at radius 3 is 2.83 bits per heavy atom. The lowest BCUT2D eigenvalue weighted by Gasteiger charge is -2.35. The summed E-state index contributed by atoms with van der Waals surface area (Å²) in [6.07, 6.45) is 2.09. The number of morpholine rings is 1. The Kier molecular flexibility index (Phi) is 4.19. The van der Waals surface area contributed by atoms with Crippen molar-refractivity contribution in [3.63, 3.8) is 0 Å². The predicted octanol–water partition coefficient (Wildman–Crippen LogP) is -0.313. The van der Waals surface area contributed by atoms with Gasteiger partial charge in [0.05, 0.1) is 19.1 Å². The summed E-state index contributed by atoms with van der Waals surface area (Å²) in [6.45, 7) is 3.57. The highest BCUT2D eigenvalue weighted by atomic mass is 16.5. The topological polar surface area (TPSA) is 78.9 Å². The quantitative estimate of drug-likeness (QED) is 0.705. The van der Waals surface area contributed by atoms with E-state index in [1.807, 2.05) is 4.90 Å². The summed E-state index contributed by atoms with van der Waals surface area (Å²) in [6, 6.07) is -0.0284. The second-order valence-corrected chi connectivity index (χ2v) is 5.11. The van der Waals surface area contributed by atoms with Gasteiger partial charge in [-0.1, -0.05) is 6.92 Å². The van der Waals surface area contributed by atoms with E-state index in [1.165, 1.54) is 0 Å². The number of ether oxygens (including phenoxy) is 1. The van der Waals surface area contributed by atoms with Crippen LogP contribution in [0.3, 0.4) is 0 Å². The normalized spacial score (nSPS) is 26.6. The molecule has 2 N–H and O–H groups in total. The van der Waals surface area contributed by atoms with Gasteiger partial charge in [-0.05, 0) is 12.8 Å². The molecule has 2 unspecified atom stereocenters. The van der Waals surface area contributed by atoms with Gasteiger partial charge in [0.15, 0.2) is 0 Å². The first-order valence-electron chi connectivity index (χ1n) is 6.43. The molecular weight excluding hydrogens is 236 g/mol. The highest BCUT2D eigenvalue weighted by Gasteiger charge is 2.34. The van der Waals surface area contributed by atoms with E-state index in [1.54, 1.807) is 6.92 Å². The van der Waals surface area contributed by atoms with Crippen LogP contribution in [0.15, 0.2) is 0 Å². The van der Waals surface area contributed by atoms with E-state index < -0.39 is 11.9 Å². The van der Waals surface area contributed by atoms with Gasteiger partial charge in [-0.25, -0.2) is 0 Å². The summed E-state index contributed by atoms with van der Waals surface area (Å²) >= 11 is 0. The van der Waals surface area contributed by atoms with Crippen LogP contribution in [-0.2, 0) is 14.3 Å². The van der Waals surface area contributed by atoms with Crippen molar-refractivity contribution in [1.29, 1.82) is 0 Å². The van der Waals surface area contributed by atoms with Gasteiger partial charge >= 0.3 is 5.97 Å². The van der Waals surface area contributed by atoms with Crippen molar-refractivity contribution in [3.05, 3.63) is 0 Å². The molecule has 1 heterocycles. The van der Waals surface area contributed by atoms with Crippen molar-refractivity contribution in [3.8, 4) is 0 Å². The van der Waals surface area contributed by atoms with Crippen LogP contribution < -0.4 is 5.32 Å². The predicted molar refractivity (Wildman–Crippen MR) is 64.1 cm³/mol. The second kappa shape index (κ2) is 5.67. The Bertz CT molecular complexity index is 330. The molecule has 0 bridgehead atoms. The molecule has 2 aliphatic rings. The van der Waals surface area contributed by atoms with Crippen LogP contribution >= 0.6 is 0 Å². The smallest absolute Gasteiger partial charge is 0.307 e. The van der Waals surface area contributed by atoms with Crippen LogP contribution in [0.4, 0.5) is 0 Å². The van der Waals surface area contributed by atoms with Gasteiger partial charge in [-0.2, -0.15) is 0 Å². The van der Waals surface area contributed by atoms with Gasteiger partial charge in [0, 0.05) is 19.1 Å². The van der Waals surface area contributed by atoms with Gasteiger partial charge in [0.1, 0.15) is 6.04 Å². The number of hydrogen-bond acceptors (Lipinski definition) is 4. The number of amides is 1. The van der Waals surface area contributed by atoms with Gasteiger partial charge < -0.3 is 15.2 Å². The molecule has 6 nitrogen and oxygen atoms in total. The van der Waals surface area contributed by atoms with Gasteiger partial charge in [-0.3, -0.25) is 14.5 Å². The lowest BCUT2D eigenvalue weighted by molar-refractivity contribution is -0.144. The first-order valence-corrected chi connectivity index (χ1v) is 6.43. The third-order valence-corrected chi connectivity index (χ3v) is 3.40. The highest BCUT2D eigenvalue weighted by molar-refractivity contribution is 5.82. The summed E-state index contributed by atoms with van der Waals surface area (Å²) in [7, 11) is 0. The Morgan fingerprint density at radius 2 is 2.22 bits per heavy atom. The molecule has 1 amide bonds. The molecule has 2 fully saturated rings. The number of carbonyl (C=O) groups excluding carboxylic acids is 1. The lowest BCUT2D eigenvalue weighted by Crippen LogP contribution is -2.55. The summed E-state index contributed by atoms with van der Waals surface area (Å²) in [4.78, 5) is 24.8. The van der Waals surface area contributed by atoms with E-state index in [9.17, 15) is 9.59 Å². The van der Waals surface area contributed by atoms with Crippen LogP contribution in [0, 0.1) is 5.92 Å². The van der Waals surface area contributed by atoms with Crippen LogP contribution in [-0.4, -0.2) is 60.3 Å². The third kappa shape index (κ3) is 3.43. The van der Waals surface area contributed by atoms with Crippen LogP contribution in [0.5, 0.6) is 0 Å². The van der Waals surface area contributed by atoms with Crippen molar-refractivity contribution >= 4 is 11.9 Å². The third-order valence-electron chi connectivity index (χ3n) is 3.40. The molecule has 0 aromatic rings. The number of rotatable bonds is 5. The molecule has 1 aliphatic heterocycles. The van der Waals surface area contributed by atoms with E-state index in [4.69, 9.17) is 9.84 Å². The Morgan fingerprint density at radius 1 is 1.50 bits per heavy atom. The zero-order valence-electron chi connectivity index (χ0n) is 10.6. The molecule has 18 heavy (non-hydrogen) atoms. The molecular formula is C12H20N2O4. The molecule has 0 aromatic heterocycles. The minimum absolute atomic E-state index is 0.0326. The van der Waals surface area contributed by atoms with Gasteiger partial charge in [0.2, 0.25) is 5.91 Å². The lowest BCUT2D eigenvalue weighted by atomic mass is 10.1. The summed E-state index contributed by atoms with van der Waals surface area (Å²) in [5.41, 5.74) is 0. The number of aliphatic carboxylic acids is 1. The monoisotopic (exact) mass is 256 g/mol. The fourth-order valence-electron chi connectivity index (χ4n) is 2.05. The number of carboxylic acid groups (broad SMARTS) is 1. The van der Waals surface area contributed by atoms with E-state index in [2.05, 4.69) is 5.32 Å². The molecule has 0 aromatic carbocycles. The maximum Gasteiger partial charge on any atom is 0.307 e.